The first-order chi connectivity index (χ1) is 19.7. The minimum atomic E-state index is 0.385. The summed E-state index contributed by atoms with van der Waals surface area (Å²) in [5, 5.41) is 2.96. The van der Waals surface area contributed by atoms with Gasteiger partial charge in [-0.25, -0.2) is 0 Å². The number of rotatable bonds is 19. The molecule has 1 heterocycles. The van der Waals surface area contributed by atoms with Gasteiger partial charge in [0.2, 0.25) is 0 Å². The molecule has 214 valence electrons. The van der Waals surface area contributed by atoms with Crippen molar-refractivity contribution in [3.05, 3.63) is 77.1 Å². The van der Waals surface area contributed by atoms with E-state index in [4.69, 9.17) is 14.2 Å². The zero-order chi connectivity index (χ0) is 28.3. The lowest BCUT2D eigenvalue weighted by Crippen LogP contribution is -2.03. The van der Waals surface area contributed by atoms with Gasteiger partial charge in [0.15, 0.2) is 0 Å². The van der Waals surface area contributed by atoms with Gasteiger partial charge in [0.1, 0.15) is 11.5 Å². The molecule has 0 unspecified atom stereocenters. The summed E-state index contributed by atoms with van der Waals surface area (Å²) in [6.07, 6.45) is 14.3. The Morgan fingerprint density at radius 2 is 0.900 bits per heavy atom. The first kappa shape index (κ1) is 32.4. The average molecular weight is 737 g/mol. The van der Waals surface area contributed by atoms with Crippen molar-refractivity contribution in [2.24, 2.45) is 0 Å². The van der Waals surface area contributed by atoms with Crippen LogP contribution in [0.25, 0.3) is 24.3 Å². The molecule has 0 radical (unpaired) electrons. The van der Waals surface area contributed by atoms with Crippen LogP contribution >= 0.6 is 47.8 Å². The quantitative estimate of drug-likeness (QED) is 0.0907. The zero-order valence-corrected chi connectivity index (χ0v) is 27.5. The van der Waals surface area contributed by atoms with Gasteiger partial charge in [-0.3, -0.25) is 0 Å². The Labute approximate surface area is 263 Å². The second-order valence-electron chi connectivity index (χ2n) is 9.04. The predicted octanol–water partition coefficient (Wildman–Crippen LogP) is 9.48. The van der Waals surface area contributed by atoms with Crippen molar-refractivity contribution in [1.82, 2.24) is 9.97 Å². The highest BCUT2D eigenvalue weighted by Crippen LogP contribution is 2.18. The second-order valence-corrected chi connectivity index (χ2v) is 11.4. The molecule has 40 heavy (non-hydrogen) atoms. The van der Waals surface area contributed by atoms with E-state index in [0.717, 1.165) is 102 Å². The fourth-order valence-electron chi connectivity index (χ4n) is 3.54. The van der Waals surface area contributed by atoms with E-state index in [1.54, 1.807) is 0 Å². The minimum absolute atomic E-state index is 0.385. The topological polar surface area (TPSA) is 53.5 Å². The van der Waals surface area contributed by atoms with Gasteiger partial charge in [0.25, 0.3) is 0 Å². The lowest BCUT2D eigenvalue weighted by atomic mass is 10.1. The fraction of sp³-hybridized carbons (Fsp3) is 0.375. The van der Waals surface area contributed by atoms with E-state index < -0.39 is 0 Å². The Hall–Kier alpha value is -2.16. The zero-order valence-electron chi connectivity index (χ0n) is 22.7. The average Bonchev–Trinajstić information content (AvgIpc) is 2.99. The highest BCUT2D eigenvalue weighted by Gasteiger charge is 2.04. The third kappa shape index (κ3) is 13.0. The maximum absolute atomic E-state index is 5.88. The molecule has 0 fully saturated rings. The molecule has 1 aromatic heterocycles. The molecular weight excluding hydrogens is 700 g/mol. The van der Waals surface area contributed by atoms with E-state index in [0.29, 0.717) is 12.6 Å². The number of ether oxygens (including phenoxy) is 3. The number of aromatic nitrogens is 2. The van der Waals surface area contributed by atoms with Gasteiger partial charge in [-0.2, -0.15) is 9.97 Å². The van der Waals surface area contributed by atoms with Gasteiger partial charge in [-0.1, -0.05) is 84.2 Å². The molecule has 0 N–H and O–H groups in total. The van der Waals surface area contributed by atoms with Crippen LogP contribution in [0.2, 0.25) is 0 Å². The molecule has 0 saturated carbocycles. The Morgan fingerprint density at radius 1 is 0.500 bits per heavy atom. The van der Waals surface area contributed by atoms with E-state index >= 15 is 0 Å². The smallest absolute Gasteiger partial charge is 0.317 e. The maximum Gasteiger partial charge on any atom is 0.317 e. The summed E-state index contributed by atoms with van der Waals surface area (Å²) in [6, 6.07) is 18.5. The van der Waals surface area contributed by atoms with Gasteiger partial charge in [0, 0.05) is 16.0 Å². The first-order valence-electron chi connectivity index (χ1n) is 13.7. The van der Waals surface area contributed by atoms with Crippen molar-refractivity contribution < 1.29 is 14.2 Å². The summed E-state index contributed by atoms with van der Waals surface area (Å²) >= 11 is 10.4. The molecule has 0 aliphatic carbocycles. The summed E-state index contributed by atoms with van der Waals surface area (Å²) in [7, 11) is 0. The summed E-state index contributed by atoms with van der Waals surface area (Å²) < 4.78 is 17.5. The van der Waals surface area contributed by atoms with E-state index in [9.17, 15) is 0 Å². The molecule has 3 rings (SSSR count). The number of halogens is 3. The van der Waals surface area contributed by atoms with E-state index in [1.807, 2.05) is 78.9 Å². The summed E-state index contributed by atoms with van der Waals surface area (Å²) in [5.41, 5.74) is 3.70. The Balaban J connectivity index is 1.67. The second kappa shape index (κ2) is 19.8. The van der Waals surface area contributed by atoms with E-state index in [-0.39, 0.29) is 0 Å². The fourth-order valence-corrected chi connectivity index (χ4v) is 4.73. The van der Waals surface area contributed by atoms with Gasteiger partial charge < -0.3 is 14.2 Å². The van der Waals surface area contributed by atoms with Crippen LogP contribution in [0, 0.1) is 0 Å². The number of nitrogens with zero attached hydrogens (tertiary/aromatic N) is 2. The predicted molar refractivity (Wildman–Crippen MR) is 178 cm³/mol. The highest BCUT2D eigenvalue weighted by molar-refractivity contribution is 9.09. The van der Waals surface area contributed by atoms with Crippen LogP contribution < -0.4 is 14.2 Å². The largest absolute Gasteiger partial charge is 0.494 e. The van der Waals surface area contributed by atoms with Crippen LogP contribution in [0.5, 0.6) is 17.5 Å². The maximum atomic E-state index is 5.88. The number of hydrogen-bond donors (Lipinski definition) is 0. The van der Waals surface area contributed by atoms with Gasteiger partial charge in [0.05, 0.1) is 31.2 Å². The van der Waals surface area contributed by atoms with Crippen molar-refractivity contribution in [2.45, 2.75) is 38.5 Å². The van der Waals surface area contributed by atoms with Gasteiger partial charge in [-0.15, -0.1) is 0 Å². The lowest BCUT2D eigenvalue weighted by Gasteiger charge is -2.07. The number of benzene rings is 2. The number of alkyl halides is 3. The van der Waals surface area contributed by atoms with Gasteiger partial charge >= 0.3 is 6.01 Å². The van der Waals surface area contributed by atoms with Crippen molar-refractivity contribution in [1.29, 1.82) is 0 Å². The van der Waals surface area contributed by atoms with Gasteiger partial charge in [-0.05, 0) is 92.1 Å². The molecule has 0 saturated heterocycles. The Morgan fingerprint density at radius 3 is 1.30 bits per heavy atom. The Bertz CT molecular complexity index is 1090. The standard InChI is InChI=1S/C32H37Br3N2O3/c33-19-1-4-22-38-30-15-9-26(10-16-30)7-13-28-25-29(37-32(36-28)40-24-6-3-21-35)14-8-27-11-17-31(18-12-27)39-23-5-2-20-34/h7-18,25H,1-6,19-24H2. The van der Waals surface area contributed by atoms with Crippen LogP contribution in [0.1, 0.15) is 61.0 Å². The molecule has 0 amide bonds. The van der Waals surface area contributed by atoms with Crippen molar-refractivity contribution >= 4 is 72.1 Å². The van der Waals surface area contributed by atoms with Crippen LogP contribution in [0.15, 0.2) is 54.6 Å². The molecule has 8 heteroatoms. The van der Waals surface area contributed by atoms with E-state index in [1.165, 1.54) is 0 Å². The molecule has 0 aliphatic rings. The molecule has 0 bridgehead atoms. The molecule has 0 aliphatic heterocycles. The normalized spacial score (nSPS) is 11.4. The lowest BCUT2D eigenvalue weighted by molar-refractivity contribution is 0.285. The van der Waals surface area contributed by atoms with Crippen molar-refractivity contribution in [3.63, 3.8) is 0 Å². The molecular formula is C32H37Br3N2O3. The SMILES string of the molecule is BrCCCCOc1ccc(C=Cc2cc(C=Cc3ccc(OCCCCBr)cc3)nc(OCCCCBr)n2)cc1. The Kier molecular flexibility index (Phi) is 16.0. The molecule has 5 nitrogen and oxygen atoms in total. The van der Waals surface area contributed by atoms with Crippen LogP contribution in [0.3, 0.4) is 0 Å². The molecule has 3 aromatic rings. The highest BCUT2D eigenvalue weighted by atomic mass is 79.9. The third-order valence-electron chi connectivity index (χ3n) is 5.75. The summed E-state index contributed by atoms with van der Waals surface area (Å²) in [6.45, 7) is 2.04. The summed E-state index contributed by atoms with van der Waals surface area (Å²) in [5.74, 6) is 1.77. The third-order valence-corrected chi connectivity index (χ3v) is 7.43. The number of unbranched alkanes of at least 4 members (excludes halogenated alkanes) is 3. The number of hydrogen-bond acceptors (Lipinski definition) is 5. The van der Waals surface area contributed by atoms with E-state index in [2.05, 4.69) is 57.8 Å². The molecule has 2 aromatic carbocycles. The minimum Gasteiger partial charge on any atom is -0.494 e. The van der Waals surface area contributed by atoms with Crippen LogP contribution in [-0.2, 0) is 0 Å². The molecule has 0 spiro atoms. The van der Waals surface area contributed by atoms with Crippen molar-refractivity contribution in [2.75, 3.05) is 35.8 Å². The monoisotopic (exact) mass is 734 g/mol. The van der Waals surface area contributed by atoms with Crippen molar-refractivity contribution in [3.8, 4) is 17.5 Å². The summed E-state index contributed by atoms with van der Waals surface area (Å²) in [4.78, 5) is 9.23. The first-order valence-corrected chi connectivity index (χ1v) is 17.1. The molecule has 0 atom stereocenters. The van der Waals surface area contributed by atoms with Crippen LogP contribution in [0.4, 0.5) is 0 Å². The van der Waals surface area contributed by atoms with Crippen LogP contribution in [-0.4, -0.2) is 45.8 Å².